The highest BCUT2D eigenvalue weighted by atomic mass is 32.2. The second kappa shape index (κ2) is 10.1. The molecule has 8 heteroatoms. The van der Waals surface area contributed by atoms with E-state index in [0.717, 1.165) is 38.2 Å². The lowest BCUT2D eigenvalue weighted by Gasteiger charge is -2.30. The third-order valence-corrected chi connectivity index (χ3v) is 6.41. The van der Waals surface area contributed by atoms with Crippen LogP contribution < -0.4 is 14.4 Å². The van der Waals surface area contributed by atoms with Gasteiger partial charge in [-0.1, -0.05) is 6.92 Å². The van der Waals surface area contributed by atoms with Gasteiger partial charge in [-0.15, -0.1) is 0 Å². The standard InChI is InChI=1S/C20H33N3O4S/c1-16-10-14-23(15-11-16)13-5-12-21-20(24)17(2)27-19-8-6-18(7-9-19)22(3)28(4,25)26/h6-9,16-17H,5,10-15H2,1-4H3,(H,21,24)/t17-/m0/s1. The molecule has 1 saturated heterocycles. The summed E-state index contributed by atoms with van der Waals surface area (Å²) in [5, 5.41) is 2.92. The maximum Gasteiger partial charge on any atom is 0.260 e. The van der Waals surface area contributed by atoms with Crippen LogP contribution in [0.3, 0.4) is 0 Å². The Morgan fingerprint density at radius 3 is 2.46 bits per heavy atom. The summed E-state index contributed by atoms with van der Waals surface area (Å²) in [5.41, 5.74) is 0.541. The first-order chi connectivity index (χ1) is 13.2. The van der Waals surface area contributed by atoms with Crippen molar-refractivity contribution in [3.05, 3.63) is 24.3 Å². The van der Waals surface area contributed by atoms with Gasteiger partial charge in [0, 0.05) is 13.6 Å². The minimum absolute atomic E-state index is 0.149. The zero-order valence-corrected chi connectivity index (χ0v) is 18.2. The van der Waals surface area contributed by atoms with E-state index in [2.05, 4.69) is 17.1 Å². The fraction of sp³-hybridized carbons (Fsp3) is 0.650. The number of rotatable bonds is 9. The molecule has 1 aliphatic rings. The lowest BCUT2D eigenvalue weighted by atomic mass is 9.99. The molecule has 0 saturated carbocycles. The van der Waals surface area contributed by atoms with E-state index in [-0.39, 0.29) is 5.91 Å². The van der Waals surface area contributed by atoms with Gasteiger partial charge in [-0.2, -0.15) is 0 Å². The van der Waals surface area contributed by atoms with Crippen molar-refractivity contribution in [2.24, 2.45) is 5.92 Å². The number of sulfonamides is 1. The molecule has 1 aliphatic heterocycles. The minimum Gasteiger partial charge on any atom is -0.481 e. The van der Waals surface area contributed by atoms with Gasteiger partial charge in [0.1, 0.15) is 5.75 Å². The molecule has 158 valence electrons. The number of hydrogen-bond donors (Lipinski definition) is 1. The van der Waals surface area contributed by atoms with E-state index < -0.39 is 16.1 Å². The average Bonchev–Trinajstić information content (AvgIpc) is 2.65. The molecule has 1 heterocycles. The van der Waals surface area contributed by atoms with Gasteiger partial charge in [0.05, 0.1) is 11.9 Å². The predicted octanol–water partition coefficient (Wildman–Crippen LogP) is 2.09. The van der Waals surface area contributed by atoms with Crippen LogP contribution in [0.1, 0.15) is 33.1 Å². The molecule has 0 aromatic heterocycles. The number of carbonyl (C=O) groups excluding carboxylic acids is 1. The van der Waals surface area contributed by atoms with Crippen LogP contribution in [0, 0.1) is 5.92 Å². The summed E-state index contributed by atoms with van der Waals surface area (Å²) < 4.78 is 30.0. The summed E-state index contributed by atoms with van der Waals surface area (Å²) in [5.74, 6) is 1.20. The molecule has 1 fully saturated rings. The SMILES string of the molecule is CC1CCN(CCCNC(=O)[C@H](C)Oc2ccc(N(C)S(C)(=O)=O)cc2)CC1. The van der Waals surface area contributed by atoms with Crippen molar-refractivity contribution < 1.29 is 17.9 Å². The van der Waals surface area contributed by atoms with Gasteiger partial charge in [-0.25, -0.2) is 8.42 Å². The van der Waals surface area contributed by atoms with Crippen LogP contribution in [0.5, 0.6) is 5.75 Å². The first kappa shape index (κ1) is 22.5. The summed E-state index contributed by atoms with van der Waals surface area (Å²) in [6, 6.07) is 6.64. The van der Waals surface area contributed by atoms with E-state index in [1.807, 2.05) is 0 Å². The maximum atomic E-state index is 12.2. The van der Waals surface area contributed by atoms with Crippen LogP contribution in [-0.2, 0) is 14.8 Å². The van der Waals surface area contributed by atoms with Crippen molar-refractivity contribution in [3.63, 3.8) is 0 Å². The second-order valence-corrected chi connectivity index (χ2v) is 9.67. The Bertz CT molecular complexity index is 728. The largest absolute Gasteiger partial charge is 0.481 e. The molecule has 1 N–H and O–H groups in total. The van der Waals surface area contributed by atoms with Gasteiger partial charge in [0.2, 0.25) is 10.0 Å². The third-order valence-electron chi connectivity index (χ3n) is 5.21. The first-order valence-corrected chi connectivity index (χ1v) is 11.7. The molecule has 1 atom stereocenters. The molecule has 0 radical (unpaired) electrons. The Morgan fingerprint density at radius 1 is 1.29 bits per heavy atom. The Labute approximate surface area is 169 Å². The Kier molecular flexibility index (Phi) is 8.12. The van der Waals surface area contributed by atoms with E-state index in [0.29, 0.717) is 18.0 Å². The molecule has 1 aromatic carbocycles. The Morgan fingerprint density at radius 2 is 1.89 bits per heavy atom. The van der Waals surface area contributed by atoms with Gasteiger partial charge in [-0.05, 0) is 76.0 Å². The highest BCUT2D eigenvalue weighted by molar-refractivity contribution is 7.92. The van der Waals surface area contributed by atoms with Crippen molar-refractivity contribution in [1.82, 2.24) is 10.2 Å². The van der Waals surface area contributed by atoms with Crippen LogP contribution in [0.4, 0.5) is 5.69 Å². The lowest BCUT2D eigenvalue weighted by Crippen LogP contribution is -2.39. The Balaban J connectivity index is 1.71. The van der Waals surface area contributed by atoms with Crippen molar-refractivity contribution in [2.45, 2.75) is 39.2 Å². The van der Waals surface area contributed by atoms with Crippen LogP contribution in [0.2, 0.25) is 0 Å². The normalized spacial score (nSPS) is 17.1. The highest BCUT2D eigenvalue weighted by Gasteiger charge is 2.17. The molecule has 28 heavy (non-hydrogen) atoms. The zero-order valence-electron chi connectivity index (χ0n) is 17.3. The number of hydrogen-bond acceptors (Lipinski definition) is 5. The molecular formula is C20H33N3O4S. The molecular weight excluding hydrogens is 378 g/mol. The fourth-order valence-electron chi connectivity index (χ4n) is 3.13. The topological polar surface area (TPSA) is 79.0 Å². The number of carbonyl (C=O) groups is 1. The number of amides is 1. The van der Waals surface area contributed by atoms with Crippen LogP contribution >= 0.6 is 0 Å². The summed E-state index contributed by atoms with van der Waals surface area (Å²) in [4.78, 5) is 14.7. The van der Waals surface area contributed by atoms with Gasteiger partial charge < -0.3 is 15.0 Å². The van der Waals surface area contributed by atoms with Crippen LogP contribution in [-0.4, -0.2) is 64.8 Å². The van der Waals surface area contributed by atoms with Gasteiger partial charge in [0.25, 0.3) is 5.91 Å². The molecule has 0 unspecified atom stereocenters. The summed E-state index contributed by atoms with van der Waals surface area (Å²) in [7, 11) is -1.81. The summed E-state index contributed by atoms with van der Waals surface area (Å²) in [6.45, 7) is 7.96. The fourth-order valence-corrected chi connectivity index (χ4v) is 3.63. The number of nitrogens with zero attached hydrogens (tertiary/aromatic N) is 2. The minimum atomic E-state index is -3.30. The third kappa shape index (κ3) is 6.98. The van der Waals surface area contributed by atoms with E-state index in [4.69, 9.17) is 4.74 Å². The maximum absolute atomic E-state index is 12.2. The van der Waals surface area contributed by atoms with Gasteiger partial charge in [-0.3, -0.25) is 9.10 Å². The van der Waals surface area contributed by atoms with E-state index in [1.165, 1.54) is 24.2 Å². The molecule has 7 nitrogen and oxygen atoms in total. The number of likely N-dealkylation sites (tertiary alicyclic amines) is 1. The van der Waals surface area contributed by atoms with Gasteiger partial charge >= 0.3 is 0 Å². The molecule has 1 aromatic rings. The summed E-state index contributed by atoms with van der Waals surface area (Å²) in [6.07, 6.45) is 3.98. The highest BCUT2D eigenvalue weighted by Crippen LogP contribution is 2.21. The van der Waals surface area contributed by atoms with Crippen molar-refractivity contribution in [1.29, 1.82) is 0 Å². The van der Waals surface area contributed by atoms with Crippen LogP contribution in [0.15, 0.2) is 24.3 Å². The van der Waals surface area contributed by atoms with E-state index in [9.17, 15) is 13.2 Å². The number of nitrogens with one attached hydrogen (secondary N) is 1. The van der Waals surface area contributed by atoms with Crippen molar-refractivity contribution in [3.8, 4) is 5.75 Å². The Hall–Kier alpha value is -1.80. The van der Waals surface area contributed by atoms with Crippen molar-refractivity contribution >= 4 is 21.6 Å². The lowest BCUT2D eigenvalue weighted by molar-refractivity contribution is -0.127. The summed E-state index contributed by atoms with van der Waals surface area (Å²) >= 11 is 0. The molecule has 1 amide bonds. The molecule has 0 spiro atoms. The van der Waals surface area contributed by atoms with E-state index >= 15 is 0 Å². The number of piperidine rings is 1. The first-order valence-electron chi connectivity index (χ1n) is 9.87. The van der Waals surface area contributed by atoms with Crippen molar-refractivity contribution in [2.75, 3.05) is 43.8 Å². The molecule has 0 aliphatic carbocycles. The number of anilines is 1. The smallest absolute Gasteiger partial charge is 0.260 e. The van der Waals surface area contributed by atoms with E-state index in [1.54, 1.807) is 31.2 Å². The monoisotopic (exact) mass is 411 g/mol. The number of benzene rings is 1. The predicted molar refractivity (Wildman–Crippen MR) is 112 cm³/mol. The molecule has 2 rings (SSSR count). The van der Waals surface area contributed by atoms with Gasteiger partial charge in [0.15, 0.2) is 6.10 Å². The zero-order chi connectivity index (χ0) is 20.7. The molecule has 0 bridgehead atoms. The second-order valence-electron chi connectivity index (χ2n) is 7.65. The quantitative estimate of drug-likeness (QED) is 0.630. The number of ether oxygens (including phenoxy) is 1. The van der Waals surface area contributed by atoms with Crippen LogP contribution in [0.25, 0.3) is 0 Å². The average molecular weight is 412 g/mol.